The highest BCUT2D eigenvalue weighted by Crippen LogP contribution is 2.40. The predicted molar refractivity (Wildman–Crippen MR) is 153 cm³/mol. The molecular formula is C32H39ClN2O5. The Labute approximate surface area is 241 Å². The number of rotatable bonds is 11. The Bertz CT molecular complexity index is 1240. The van der Waals surface area contributed by atoms with Crippen molar-refractivity contribution in [2.45, 2.75) is 76.8 Å². The quantitative estimate of drug-likeness (QED) is 0.345. The second-order valence-corrected chi connectivity index (χ2v) is 12.0. The molecule has 0 bridgehead atoms. The van der Waals surface area contributed by atoms with Crippen LogP contribution in [0.5, 0.6) is 5.75 Å². The maximum atomic E-state index is 11.9. The van der Waals surface area contributed by atoms with E-state index < -0.39 is 5.97 Å². The molecule has 0 unspecified atom stereocenters. The normalized spacial score (nSPS) is 22.7. The Morgan fingerprint density at radius 3 is 2.48 bits per heavy atom. The third kappa shape index (κ3) is 6.52. The molecule has 2 fully saturated rings. The third-order valence-corrected chi connectivity index (χ3v) is 9.24. The number of ether oxygens (including phenoxy) is 1. The van der Waals surface area contributed by atoms with Crippen molar-refractivity contribution in [2.75, 3.05) is 20.2 Å². The number of likely N-dealkylation sites (tertiary alicyclic amines) is 1. The molecule has 1 atom stereocenters. The van der Waals surface area contributed by atoms with Gasteiger partial charge in [0.05, 0.1) is 13.0 Å². The van der Waals surface area contributed by atoms with Crippen LogP contribution < -0.4 is 4.74 Å². The van der Waals surface area contributed by atoms with Gasteiger partial charge in [0, 0.05) is 43.5 Å². The van der Waals surface area contributed by atoms with Gasteiger partial charge in [-0.05, 0) is 97.7 Å². The number of nitrogens with zero attached hydrogens (tertiary/aromatic N) is 2. The lowest BCUT2D eigenvalue weighted by molar-refractivity contribution is -0.143. The van der Waals surface area contributed by atoms with Gasteiger partial charge < -0.3 is 9.84 Å². The minimum Gasteiger partial charge on any atom is -0.496 e. The average Bonchev–Trinajstić information content (AvgIpc) is 3.51. The van der Waals surface area contributed by atoms with Crippen molar-refractivity contribution >= 4 is 29.4 Å². The van der Waals surface area contributed by atoms with Crippen LogP contribution in [-0.2, 0) is 33.8 Å². The zero-order valence-corrected chi connectivity index (χ0v) is 24.0. The molecular weight excluding hydrogens is 528 g/mol. The first-order chi connectivity index (χ1) is 19.3. The number of carboxylic acid groups (broad SMARTS) is 1. The summed E-state index contributed by atoms with van der Waals surface area (Å²) >= 11 is 6.30. The first-order valence-corrected chi connectivity index (χ1v) is 14.9. The van der Waals surface area contributed by atoms with Crippen molar-refractivity contribution in [3.05, 3.63) is 63.7 Å². The molecule has 0 spiro atoms. The number of carbonyl (C=O) groups is 3. The van der Waals surface area contributed by atoms with Gasteiger partial charge in [-0.25, -0.2) is 0 Å². The number of hydrogen-bond donors (Lipinski definition) is 1. The molecule has 2 aromatic carbocycles. The average molecular weight is 567 g/mol. The summed E-state index contributed by atoms with van der Waals surface area (Å²) in [7, 11) is 1.69. The number of hydrogen-bond acceptors (Lipinski definition) is 5. The van der Waals surface area contributed by atoms with Crippen LogP contribution in [0, 0.1) is 11.8 Å². The predicted octanol–water partition coefficient (Wildman–Crippen LogP) is 5.81. The van der Waals surface area contributed by atoms with Crippen LogP contribution in [0.4, 0.5) is 0 Å². The van der Waals surface area contributed by atoms with Crippen LogP contribution >= 0.6 is 11.6 Å². The molecule has 3 aliphatic rings. The highest BCUT2D eigenvalue weighted by molar-refractivity contribution is 6.30. The molecule has 1 saturated carbocycles. The van der Waals surface area contributed by atoms with Gasteiger partial charge >= 0.3 is 5.97 Å². The first-order valence-electron chi connectivity index (χ1n) is 14.6. The maximum absolute atomic E-state index is 11.9. The van der Waals surface area contributed by atoms with Crippen LogP contribution in [0.3, 0.4) is 0 Å². The summed E-state index contributed by atoms with van der Waals surface area (Å²) in [6, 6.07) is 12.9. The van der Waals surface area contributed by atoms with Crippen molar-refractivity contribution in [1.82, 2.24) is 9.80 Å². The van der Waals surface area contributed by atoms with E-state index in [0.717, 1.165) is 74.4 Å². The molecule has 1 saturated heterocycles. The molecule has 1 N–H and O–H groups in total. The van der Waals surface area contributed by atoms with Crippen LogP contribution in [0.1, 0.15) is 79.7 Å². The lowest BCUT2D eigenvalue weighted by Gasteiger charge is -2.35. The molecule has 7 nitrogen and oxygen atoms in total. The van der Waals surface area contributed by atoms with Crippen molar-refractivity contribution in [3.8, 4) is 5.75 Å². The fourth-order valence-electron chi connectivity index (χ4n) is 6.80. The number of carbonyl (C=O) groups excluding carboxylic acids is 2. The Morgan fingerprint density at radius 2 is 1.77 bits per heavy atom. The van der Waals surface area contributed by atoms with Gasteiger partial charge in [-0.2, -0.15) is 0 Å². The summed E-state index contributed by atoms with van der Waals surface area (Å²) in [5.41, 5.74) is 4.91. The van der Waals surface area contributed by atoms with Gasteiger partial charge in [-0.3, -0.25) is 24.2 Å². The van der Waals surface area contributed by atoms with Gasteiger partial charge in [0.1, 0.15) is 5.75 Å². The second kappa shape index (κ2) is 12.7. The van der Waals surface area contributed by atoms with Gasteiger partial charge in [-0.15, -0.1) is 0 Å². The molecule has 214 valence electrons. The number of halogens is 1. The van der Waals surface area contributed by atoms with Crippen molar-refractivity contribution < 1.29 is 24.2 Å². The van der Waals surface area contributed by atoms with Crippen LogP contribution in [-0.4, -0.2) is 52.9 Å². The van der Waals surface area contributed by atoms with Gasteiger partial charge in [0.15, 0.2) is 0 Å². The summed E-state index contributed by atoms with van der Waals surface area (Å²) in [6.07, 6.45) is 7.53. The molecule has 1 aliphatic heterocycles. The number of benzene rings is 2. The summed E-state index contributed by atoms with van der Waals surface area (Å²) in [4.78, 5) is 39.3. The van der Waals surface area contributed by atoms with Gasteiger partial charge in [0.25, 0.3) is 0 Å². The highest BCUT2D eigenvalue weighted by Gasteiger charge is 2.33. The fraction of sp³-hybridized carbons (Fsp3) is 0.531. The third-order valence-electron chi connectivity index (χ3n) is 9.00. The lowest BCUT2D eigenvalue weighted by atomic mass is 9.81. The number of amides is 2. The molecule has 2 aliphatic carbocycles. The smallest absolute Gasteiger partial charge is 0.306 e. The van der Waals surface area contributed by atoms with Crippen molar-refractivity contribution in [2.24, 2.45) is 11.8 Å². The van der Waals surface area contributed by atoms with E-state index in [9.17, 15) is 19.5 Å². The van der Waals surface area contributed by atoms with E-state index in [-0.39, 0.29) is 17.7 Å². The molecule has 5 rings (SSSR count). The van der Waals surface area contributed by atoms with E-state index in [1.807, 2.05) is 6.07 Å². The first kappa shape index (κ1) is 28.6. The molecule has 1 heterocycles. The Kier molecular flexibility index (Phi) is 9.11. The van der Waals surface area contributed by atoms with E-state index in [4.69, 9.17) is 16.3 Å². The van der Waals surface area contributed by atoms with Crippen molar-refractivity contribution in [3.63, 3.8) is 0 Å². The van der Waals surface area contributed by atoms with Crippen molar-refractivity contribution in [1.29, 1.82) is 0 Å². The lowest BCUT2D eigenvalue weighted by Crippen LogP contribution is -2.34. The zero-order valence-electron chi connectivity index (χ0n) is 23.2. The molecule has 0 radical (unpaired) electrons. The molecule has 40 heavy (non-hydrogen) atoms. The maximum Gasteiger partial charge on any atom is 0.306 e. The zero-order chi connectivity index (χ0) is 28.2. The Hall–Kier alpha value is -2.90. The number of fused-ring (bicyclic) bond motifs is 1. The number of aliphatic carboxylic acids is 1. The number of aryl methyl sites for hydroxylation is 2. The summed E-state index contributed by atoms with van der Waals surface area (Å²) < 4.78 is 5.78. The number of methoxy groups -OCH3 is 1. The standard InChI is InChI=1S/C32H39ClN2O5/c1-40-29-17-22(6-7-23(29)3-2-16-35-30(36)14-15-31(35)37)20-34(19-21-4-8-24(9-5-21)32(38)39)28-13-10-25-18-26(33)11-12-27(25)28/h6-7,11-12,17-18,21,24,28H,2-5,8-10,13-16,19-20H2,1H3,(H,38,39)/t21-,24-,28-/m1/s1. The summed E-state index contributed by atoms with van der Waals surface area (Å²) in [5, 5.41) is 10.2. The molecule has 2 amide bonds. The SMILES string of the molecule is COc1cc(CN(C[C@H]2CC[C@H](C(=O)O)CC2)[C@@H]2CCc3cc(Cl)ccc32)ccc1CCCN1C(=O)CCC1=O. The van der Waals surface area contributed by atoms with E-state index in [0.29, 0.717) is 37.8 Å². The highest BCUT2D eigenvalue weighted by atomic mass is 35.5. The van der Waals surface area contributed by atoms with Gasteiger partial charge in [0.2, 0.25) is 11.8 Å². The van der Waals surface area contributed by atoms with E-state index in [2.05, 4.69) is 35.2 Å². The summed E-state index contributed by atoms with van der Waals surface area (Å²) in [5.74, 6) is 0.292. The molecule has 8 heteroatoms. The fourth-order valence-corrected chi connectivity index (χ4v) is 6.99. The van der Waals surface area contributed by atoms with E-state index in [1.165, 1.54) is 21.6 Å². The summed E-state index contributed by atoms with van der Waals surface area (Å²) in [6.45, 7) is 2.16. The Morgan fingerprint density at radius 1 is 1.02 bits per heavy atom. The van der Waals surface area contributed by atoms with Crippen LogP contribution in [0.15, 0.2) is 36.4 Å². The van der Waals surface area contributed by atoms with Gasteiger partial charge in [-0.1, -0.05) is 29.8 Å². The number of imide groups is 1. The van der Waals surface area contributed by atoms with Crippen LogP contribution in [0.2, 0.25) is 5.02 Å². The number of carboxylic acids is 1. The second-order valence-electron chi connectivity index (χ2n) is 11.6. The minimum absolute atomic E-state index is 0.0698. The topological polar surface area (TPSA) is 87.2 Å². The molecule has 2 aromatic rings. The monoisotopic (exact) mass is 566 g/mol. The minimum atomic E-state index is -0.664. The van der Waals surface area contributed by atoms with E-state index >= 15 is 0 Å². The largest absolute Gasteiger partial charge is 0.496 e. The Balaban J connectivity index is 1.29. The van der Waals surface area contributed by atoms with E-state index in [1.54, 1.807) is 7.11 Å². The molecule has 0 aromatic heterocycles. The van der Waals surface area contributed by atoms with Crippen LogP contribution in [0.25, 0.3) is 0 Å².